The summed E-state index contributed by atoms with van der Waals surface area (Å²) in [6, 6.07) is -0.725. The van der Waals surface area contributed by atoms with Gasteiger partial charge in [0.05, 0.1) is 5.37 Å². The van der Waals surface area contributed by atoms with Crippen LogP contribution in [-0.4, -0.2) is 45.2 Å². The maximum Gasteiger partial charge on any atom is 0.327 e. The summed E-state index contributed by atoms with van der Waals surface area (Å²) in [7, 11) is 0. The van der Waals surface area contributed by atoms with Crippen molar-refractivity contribution in [3.63, 3.8) is 0 Å². The maximum atomic E-state index is 12.3. The summed E-state index contributed by atoms with van der Waals surface area (Å²) in [5.74, 6) is -0.419. The van der Waals surface area contributed by atoms with Crippen LogP contribution < -0.4 is 5.32 Å². The molecule has 1 saturated heterocycles. The number of thioether (sulfide) groups is 1. The van der Waals surface area contributed by atoms with Crippen LogP contribution in [0.4, 0.5) is 4.79 Å². The normalized spacial score (nSPS) is 32.2. The monoisotopic (exact) mass is 286 g/mol. The first-order valence-electron chi connectivity index (χ1n) is 6.80. The standard InChI is InChI=1S/C13H22N2O3S/c1-4-5-10-15(8(7-19-10)11(16)17)12(18)14-9-6-13(9,2)3/h8-10H,4-7H2,1-3H3,(H,14,18)(H,16,17). The zero-order valence-corrected chi connectivity index (χ0v) is 12.5. The number of nitrogens with one attached hydrogen (secondary N) is 1. The number of amides is 2. The minimum Gasteiger partial charge on any atom is -0.480 e. The topological polar surface area (TPSA) is 69.6 Å². The van der Waals surface area contributed by atoms with Crippen molar-refractivity contribution in [2.75, 3.05) is 5.75 Å². The van der Waals surface area contributed by atoms with Crippen LogP contribution in [0.3, 0.4) is 0 Å². The first-order chi connectivity index (χ1) is 8.86. The first-order valence-corrected chi connectivity index (χ1v) is 7.85. The highest BCUT2D eigenvalue weighted by molar-refractivity contribution is 8.00. The lowest BCUT2D eigenvalue weighted by Gasteiger charge is -2.27. The second kappa shape index (κ2) is 5.23. The molecule has 1 heterocycles. The molecule has 5 nitrogen and oxygen atoms in total. The van der Waals surface area contributed by atoms with Crippen molar-refractivity contribution in [1.82, 2.24) is 10.2 Å². The van der Waals surface area contributed by atoms with E-state index in [9.17, 15) is 14.7 Å². The smallest absolute Gasteiger partial charge is 0.327 e. The summed E-state index contributed by atoms with van der Waals surface area (Å²) in [6.07, 6.45) is 2.76. The number of aliphatic carboxylic acids is 1. The highest BCUT2D eigenvalue weighted by atomic mass is 32.2. The highest BCUT2D eigenvalue weighted by Crippen LogP contribution is 2.45. The van der Waals surface area contributed by atoms with Crippen LogP contribution in [0.2, 0.25) is 0 Å². The Labute approximate surface area is 118 Å². The van der Waals surface area contributed by atoms with Gasteiger partial charge in [-0.1, -0.05) is 27.2 Å². The molecule has 108 valence electrons. The van der Waals surface area contributed by atoms with Crippen molar-refractivity contribution in [3.05, 3.63) is 0 Å². The van der Waals surface area contributed by atoms with E-state index in [0.29, 0.717) is 5.75 Å². The van der Waals surface area contributed by atoms with Gasteiger partial charge < -0.3 is 10.4 Å². The Morgan fingerprint density at radius 2 is 2.11 bits per heavy atom. The summed E-state index contributed by atoms with van der Waals surface area (Å²) in [5.41, 5.74) is 0.154. The summed E-state index contributed by atoms with van der Waals surface area (Å²) in [5, 5.41) is 12.2. The molecule has 2 rings (SSSR count). The highest BCUT2D eigenvalue weighted by Gasteiger charge is 2.49. The van der Waals surface area contributed by atoms with Crippen LogP contribution in [0.25, 0.3) is 0 Å². The fraction of sp³-hybridized carbons (Fsp3) is 0.846. The van der Waals surface area contributed by atoms with Crippen molar-refractivity contribution in [2.24, 2.45) is 5.41 Å². The molecule has 2 fully saturated rings. The van der Waals surface area contributed by atoms with Gasteiger partial charge in [0.1, 0.15) is 6.04 Å². The van der Waals surface area contributed by atoms with Crippen molar-refractivity contribution >= 4 is 23.8 Å². The number of hydrogen-bond acceptors (Lipinski definition) is 3. The van der Waals surface area contributed by atoms with E-state index in [1.165, 1.54) is 4.90 Å². The van der Waals surface area contributed by atoms with Crippen LogP contribution in [-0.2, 0) is 4.79 Å². The number of rotatable bonds is 4. The van der Waals surface area contributed by atoms with Gasteiger partial charge in [0.2, 0.25) is 0 Å². The molecule has 0 spiro atoms. The SMILES string of the molecule is CCCC1SCC(C(=O)O)N1C(=O)NC1CC1(C)C. The lowest BCUT2D eigenvalue weighted by molar-refractivity contribution is -0.141. The van der Waals surface area contributed by atoms with E-state index in [1.54, 1.807) is 11.8 Å². The molecule has 2 N–H and O–H groups in total. The van der Waals surface area contributed by atoms with Gasteiger partial charge in [-0.25, -0.2) is 9.59 Å². The fourth-order valence-electron chi connectivity index (χ4n) is 2.43. The summed E-state index contributed by atoms with van der Waals surface area (Å²) in [6.45, 7) is 6.26. The largest absolute Gasteiger partial charge is 0.480 e. The number of carboxylic acid groups (broad SMARTS) is 1. The first kappa shape index (κ1) is 14.5. The van der Waals surface area contributed by atoms with Crippen LogP contribution >= 0.6 is 11.8 Å². The Balaban J connectivity index is 2.03. The summed E-state index contributed by atoms with van der Waals surface area (Å²) < 4.78 is 0. The minimum atomic E-state index is -0.906. The maximum absolute atomic E-state index is 12.3. The molecule has 1 saturated carbocycles. The predicted octanol–water partition coefficient (Wildman–Crippen LogP) is 2.12. The van der Waals surface area contributed by atoms with Crippen molar-refractivity contribution in [3.8, 4) is 0 Å². The van der Waals surface area contributed by atoms with E-state index < -0.39 is 12.0 Å². The van der Waals surface area contributed by atoms with Crippen molar-refractivity contribution < 1.29 is 14.7 Å². The lowest BCUT2D eigenvalue weighted by Crippen LogP contribution is -2.51. The molecule has 0 radical (unpaired) electrons. The number of hydrogen-bond donors (Lipinski definition) is 2. The van der Waals surface area contributed by atoms with Gasteiger partial charge in [-0.15, -0.1) is 11.8 Å². The van der Waals surface area contributed by atoms with Crippen LogP contribution in [0.1, 0.15) is 40.0 Å². The fourth-order valence-corrected chi connectivity index (χ4v) is 3.95. The van der Waals surface area contributed by atoms with Crippen LogP contribution in [0.15, 0.2) is 0 Å². The van der Waals surface area contributed by atoms with E-state index in [0.717, 1.165) is 19.3 Å². The van der Waals surface area contributed by atoms with E-state index in [4.69, 9.17) is 0 Å². The molecule has 2 amide bonds. The van der Waals surface area contributed by atoms with Crippen LogP contribution in [0, 0.1) is 5.41 Å². The quantitative estimate of drug-likeness (QED) is 0.830. The molecule has 1 aliphatic heterocycles. The molecule has 0 aromatic rings. The third kappa shape index (κ3) is 2.99. The number of urea groups is 1. The number of carbonyl (C=O) groups is 2. The van der Waals surface area contributed by atoms with E-state index in [2.05, 4.69) is 26.1 Å². The third-order valence-electron chi connectivity index (χ3n) is 3.96. The van der Waals surface area contributed by atoms with E-state index in [1.807, 2.05) is 0 Å². The van der Waals surface area contributed by atoms with Gasteiger partial charge in [0, 0.05) is 11.8 Å². The molecule has 6 heteroatoms. The number of nitrogens with zero attached hydrogens (tertiary/aromatic N) is 1. The summed E-state index contributed by atoms with van der Waals surface area (Å²) >= 11 is 1.57. The molecule has 0 aromatic heterocycles. The zero-order valence-electron chi connectivity index (χ0n) is 11.7. The second-order valence-electron chi connectivity index (χ2n) is 6.03. The second-order valence-corrected chi connectivity index (χ2v) is 7.24. The number of carboxylic acids is 1. The van der Waals surface area contributed by atoms with Gasteiger partial charge in [0.15, 0.2) is 0 Å². The Hall–Kier alpha value is -0.910. The van der Waals surface area contributed by atoms with Gasteiger partial charge in [-0.3, -0.25) is 4.90 Å². The van der Waals surface area contributed by atoms with Gasteiger partial charge >= 0.3 is 12.0 Å². The Morgan fingerprint density at radius 1 is 1.47 bits per heavy atom. The van der Waals surface area contributed by atoms with Crippen molar-refractivity contribution in [1.29, 1.82) is 0 Å². The molecule has 19 heavy (non-hydrogen) atoms. The van der Waals surface area contributed by atoms with E-state index >= 15 is 0 Å². The predicted molar refractivity (Wildman–Crippen MR) is 75.1 cm³/mol. The average molecular weight is 286 g/mol. The third-order valence-corrected chi connectivity index (χ3v) is 5.31. The number of carbonyl (C=O) groups excluding carboxylic acids is 1. The van der Waals surface area contributed by atoms with Crippen LogP contribution in [0.5, 0.6) is 0 Å². The Bertz CT molecular complexity index is 386. The Kier molecular flexibility index (Phi) is 3.99. The molecule has 0 aromatic carbocycles. The van der Waals surface area contributed by atoms with Crippen molar-refractivity contribution in [2.45, 2.75) is 57.5 Å². The van der Waals surface area contributed by atoms with Gasteiger partial charge in [-0.2, -0.15) is 0 Å². The average Bonchev–Trinajstić information content (AvgIpc) is 2.75. The van der Waals surface area contributed by atoms with Gasteiger partial charge in [-0.05, 0) is 18.3 Å². The molecule has 0 bridgehead atoms. The minimum absolute atomic E-state index is 0.00652. The molecule has 2 aliphatic rings. The lowest BCUT2D eigenvalue weighted by atomic mass is 10.2. The molecular weight excluding hydrogens is 264 g/mol. The molecule has 3 atom stereocenters. The summed E-state index contributed by atoms with van der Waals surface area (Å²) in [4.78, 5) is 25.1. The van der Waals surface area contributed by atoms with Gasteiger partial charge in [0.25, 0.3) is 0 Å². The Morgan fingerprint density at radius 3 is 2.58 bits per heavy atom. The molecule has 1 aliphatic carbocycles. The molecular formula is C13H22N2O3S. The molecule has 3 unspecified atom stereocenters. The van der Waals surface area contributed by atoms with E-state index in [-0.39, 0.29) is 22.9 Å². The zero-order chi connectivity index (χ0) is 14.2.